The molecule has 138 valence electrons. The van der Waals surface area contributed by atoms with E-state index < -0.39 is 16.9 Å². The summed E-state index contributed by atoms with van der Waals surface area (Å²) in [5.41, 5.74) is 13.5. The van der Waals surface area contributed by atoms with Gasteiger partial charge in [0, 0.05) is 10.4 Å². The first-order chi connectivity index (χ1) is 12.2. The highest BCUT2D eigenvalue weighted by Gasteiger charge is 2.09. The Hall–Kier alpha value is -2.07. The molecule has 0 bridgehead atoms. The second-order valence-electron chi connectivity index (χ2n) is 5.21. The van der Waals surface area contributed by atoms with Gasteiger partial charge in [0.2, 0.25) is 0 Å². The van der Waals surface area contributed by atoms with Crippen molar-refractivity contribution in [2.45, 2.75) is 18.9 Å². The standard InChI is InChI=1S/C10H8ClFN2S.C6H8N2O2S/c1-5-9(14-10(13)15-5)6-2-3-8(12)7(11)4-6;1-4-2-5(7)3-8-6(4)11(9)10/h2-4H,1H3,(H2,13,14);2-3H,7H2,1H3,(H,9,10)/p-1. The molecule has 0 aliphatic carbocycles. The molecule has 10 heteroatoms. The molecule has 0 radical (unpaired) electrons. The summed E-state index contributed by atoms with van der Waals surface area (Å²) in [5.74, 6) is -0.429. The molecular formula is C16H15ClFN4O2S2-. The first kappa shape index (κ1) is 20.2. The van der Waals surface area contributed by atoms with Crippen LogP contribution in [-0.4, -0.2) is 18.7 Å². The van der Waals surface area contributed by atoms with Crippen molar-refractivity contribution in [1.29, 1.82) is 0 Å². The Balaban J connectivity index is 0.000000197. The number of nitrogen functional groups attached to an aromatic ring is 2. The fraction of sp³-hybridized carbons (Fsp3) is 0.125. The third-order valence-corrected chi connectivity index (χ3v) is 5.05. The summed E-state index contributed by atoms with van der Waals surface area (Å²) in [6.07, 6.45) is 1.32. The Morgan fingerprint density at radius 1 is 1.27 bits per heavy atom. The van der Waals surface area contributed by atoms with Gasteiger partial charge in [-0.05, 0) is 54.8 Å². The van der Waals surface area contributed by atoms with Crippen LogP contribution < -0.4 is 11.5 Å². The summed E-state index contributed by atoms with van der Waals surface area (Å²) in [6, 6.07) is 6.09. The Kier molecular flexibility index (Phi) is 6.65. The third-order valence-electron chi connectivity index (χ3n) is 3.22. The molecule has 0 spiro atoms. The highest BCUT2D eigenvalue weighted by atomic mass is 35.5. The average molecular weight is 414 g/mol. The maximum absolute atomic E-state index is 12.9. The zero-order valence-electron chi connectivity index (χ0n) is 13.8. The van der Waals surface area contributed by atoms with Crippen molar-refractivity contribution in [3.8, 4) is 11.3 Å². The zero-order valence-corrected chi connectivity index (χ0v) is 16.2. The number of nitrogens with zero attached hydrogens (tertiary/aromatic N) is 2. The number of aryl methyl sites for hydroxylation is 2. The van der Waals surface area contributed by atoms with Crippen LogP contribution >= 0.6 is 22.9 Å². The molecule has 1 unspecified atom stereocenters. The minimum atomic E-state index is -2.27. The van der Waals surface area contributed by atoms with E-state index in [4.69, 9.17) is 23.1 Å². The number of pyridine rings is 1. The van der Waals surface area contributed by atoms with E-state index in [0.29, 0.717) is 16.4 Å². The number of hydrogen-bond acceptors (Lipinski definition) is 7. The van der Waals surface area contributed by atoms with E-state index in [-0.39, 0.29) is 10.0 Å². The van der Waals surface area contributed by atoms with E-state index >= 15 is 0 Å². The van der Waals surface area contributed by atoms with Crippen LogP contribution in [0.4, 0.5) is 15.2 Å². The molecule has 3 aromatic rings. The molecule has 4 N–H and O–H groups in total. The van der Waals surface area contributed by atoms with Gasteiger partial charge in [0.05, 0.1) is 22.6 Å². The predicted molar refractivity (Wildman–Crippen MR) is 102 cm³/mol. The van der Waals surface area contributed by atoms with Crippen LogP contribution in [0.2, 0.25) is 5.02 Å². The van der Waals surface area contributed by atoms with E-state index in [1.54, 1.807) is 25.1 Å². The fourth-order valence-corrected chi connectivity index (χ4v) is 3.44. The van der Waals surface area contributed by atoms with Gasteiger partial charge in [-0.3, -0.25) is 4.21 Å². The van der Waals surface area contributed by atoms with Gasteiger partial charge in [-0.2, -0.15) is 0 Å². The van der Waals surface area contributed by atoms with Crippen molar-refractivity contribution in [3.63, 3.8) is 0 Å². The SMILES string of the molecule is Cc1cc(N)cnc1S(=O)[O-].Cc1sc(N)nc1-c1ccc(F)c(Cl)c1. The lowest BCUT2D eigenvalue weighted by molar-refractivity contribution is 0.532. The Morgan fingerprint density at radius 3 is 2.46 bits per heavy atom. The second-order valence-corrected chi connectivity index (χ2v) is 7.71. The fourth-order valence-electron chi connectivity index (χ4n) is 2.09. The van der Waals surface area contributed by atoms with Gasteiger partial charge in [0.15, 0.2) is 5.13 Å². The minimum Gasteiger partial charge on any atom is -0.767 e. The average Bonchev–Trinajstić information content (AvgIpc) is 2.89. The minimum absolute atomic E-state index is 0.0548. The molecule has 0 amide bonds. The van der Waals surface area contributed by atoms with Crippen LogP contribution in [0.1, 0.15) is 10.4 Å². The van der Waals surface area contributed by atoms with Crippen molar-refractivity contribution in [1.82, 2.24) is 9.97 Å². The van der Waals surface area contributed by atoms with Crippen LogP contribution in [0.5, 0.6) is 0 Å². The summed E-state index contributed by atoms with van der Waals surface area (Å²) >= 11 is 4.83. The molecule has 0 saturated heterocycles. The van der Waals surface area contributed by atoms with Crippen molar-refractivity contribution in [3.05, 3.63) is 51.7 Å². The molecule has 6 nitrogen and oxygen atoms in total. The Bertz CT molecular complexity index is 965. The maximum atomic E-state index is 12.9. The first-order valence-electron chi connectivity index (χ1n) is 7.18. The van der Waals surface area contributed by atoms with Gasteiger partial charge < -0.3 is 16.0 Å². The quantitative estimate of drug-likeness (QED) is 0.618. The third kappa shape index (κ3) is 4.98. The van der Waals surface area contributed by atoms with Crippen LogP contribution in [0.3, 0.4) is 0 Å². The van der Waals surface area contributed by atoms with Crippen molar-refractivity contribution < 1.29 is 13.2 Å². The predicted octanol–water partition coefficient (Wildman–Crippen LogP) is 3.70. The monoisotopic (exact) mass is 413 g/mol. The molecule has 3 rings (SSSR count). The maximum Gasteiger partial charge on any atom is 0.180 e. The summed E-state index contributed by atoms with van der Waals surface area (Å²) < 4.78 is 33.8. The lowest BCUT2D eigenvalue weighted by Gasteiger charge is -2.06. The van der Waals surface area contributed by atoms with Gasteiger partial charge in [-0.1, -0.05) is 11.6 Å². The number of halogens is 2. The van der Waals surface area contributed by atoms with Crippen LogP contribution in [0, 0.1) is 19.7 Å². The summed E-state index contributed by atoms with van der Waals surface area (Å²) in [7, 11) is 0. The summed E-state index contributed by atoms with van der Waals surface area (Å²) in [5, 5.41) is 0.653. The molecule has 1 aromatic carbocycles. The van der Waals surface area contributed by atoms with Crippen molar-refractivity contribution in [2.75, 3.05) is 11.5 Å². The van der Waals surface area contributed by atoms with E-state index in [2.05, 4.69) is 9.97 Å². The number of nitrogens with two attached hydrogens (primary N) is 2. The second kappa shape index (κ2) is 8.54. The molecule has 0 aliphatic rings. The van der Waals surface area contributed by atoms with Crippen molar-refractivity contribution in [2.24, 2.45) is 0 Å². The smallest absolute Gasteiger partial charge is 0.180 e. The van der Waals surface area contributed by atoms with Gasteiger partial charge in [-0.15, -0.1) is 11.3 Å². The zero-order chi connectivity index (χ0) is 19.4. The molecule has 26 heavy (non-hydrogen) atoms. The first-order valence-corrected chi connectivity index (χ1v) is 9.45. The van der Waals surface area contributed by atoms with E-state index in [0.717, 1.165) is 16.1 Å². The van der Waals surface area contributed by atoms with Crippen LogP contribution in [0.25, 0.3) is 11.3 Å². The van der Waals surface area contributed by atoms with Crippen LogP contribution in [-0.2, 0) is 11.1 Å². The number of benzene rings is 1. The Morgan fingerprint density at radius 2 is 1.96 bits per heavy atom. The highest BCUT2D eigenvalue weighted by Crippen LogP contribution is 2.30. The van der Waals surface area contributed by atoms with Gasteiger partial charge >= 0.3 is 0 Å². The number of thiazole rings is 1. The van der Waals surface area contributed by atoms with Crippen LogP contribution in [0.15, 0.2) is 35.5 Å². The molecule has 1 atom stereocenters. The van der Waals surface area contributed by atoms with Gasteiger partial charge in [0.25, 0.3) is 0 Å². The highest BCUT2D eigenvalue weighted by molar-refractivity contribution is 7.79. The number of anilines is 2. The number of hydrogen-bond donors (Lipinski definition) is 2. The Labute approximate surface area is 161 Å². The summed E-state index contributed by atoms with van der Waals surface area (Å²) in [4.78, 5) is 8.80. The van der Waals surface area contributed by atoms with Gasteiger partial charge in [0.1, 0.15) is 10.8 Å². The molecule has 0 fully saturated rings. The van der Waals surface area contributed by atoms with Gasteiger partial charge in [-0.25, -0.2) is 14.4 Å². The number of aromatic nitrogens is 2. The molecular weight excluding hydrogens is 399 g/mol. The van der Waals surface area contributed by atoms with Crippen molar-refractivity contribution >= 4 is 44.8 Å². The summed E-state index contributed by atoms with van der Waals surface area (Å²) in [6.45, 7) is 3.56. The van der Waals surface area contributed by atoms with E-state index in [1.807, 2.05) is 6.92 Å². The molecule has 2 heterocycles. The normalized spacial score (nSPS) is 11.6. The largest absolute Gasteiger partial charge is 0.767 e. The van der Waals surface area contributed by atoms with E-state index in [9.17, 15) is 13.2 Å². The molecule has 0 saturated carbocycles. The topological polar surface area (TPSA) is 118 Å². The molecule has 2 aromatic heterocycles. The lowest BCUT2D eigenvalue weighted by atomic mass is 10.1. The molecule has 0 aliphatic heterocycles. The lowest BCUT2D eigenvalue weighted by Crippen LogP contribution is -1.98. The van der Waals surface area contributed by atoms with E-state index in [1.165, 1.54) is 23.6 Å². The number of rotatable bonds is 2.